The molecule has 0 fully saturated rings. The van der Waals surface area contributed by atoms with Crippen LogP contribution in [0.25, 0.3) is 0 Å². The van der Waals surface area contributed by atoms with E-state index in [1.165, 1.54) is 19.8 Å². The minimum absolute atomic E-state index is 0.243. The summed E-state index contributed by atoms with van der Waals surface area (Å²) in [6.07, 6.45) is 2.34. The molecule has 1 aromatic rings. The van der Waals surface area contributed by atoms with Crippen molar-refractivity contribution in [2.45, 2.75) is 58.4 Å². The number of benzene rings is 1. The lowest BCUT2D eigenvalue weighted by molar-refractivity contribution is -0.164. The summed E-state index contributed by atoms with van der Waals surface area (Å²) in [5, 5.41) is 10.3. The molecule has 4 nitrogen and oxygen atoms in total. The maximum Gasteiger partial charge on any atom is 0.342 e. The highest BCUT2D eigenvalue weighted by atomic mass is 28.4. The SMILES string of the molecule is CCCC[Si](C)(C)Oc1ccc([C@@](C)(O)C(=O)OCC)cc1. The van der Waals surface area contributed by atoms with Crippen molar-refractivity contribution in [3.63, 3.8) is 0 Å². The molecule has 1 atom stereocenters. The normalized spacial score (nSPS) is 14.3. The number of carbonyl (C=O) groups is 1. The van der Waals surface area contributed by atoms with Gasteiger partial charge in [0.15, 0.2) is 5.60 Å². The van der Waals surface area contributed by atoms with Crippen molar-refractivity contribution in [1.29, 1.82) is 0 Å². The van der Waals surface area contributed by atoms with Gasteiger partial charge in [0.1, 0.15) is 5.75 Å². The number of unbranched alkanes of at least 4 members (excludes halogenated alkanes) is 1. The number of esters is 1. The van der Waals surface area contributed by atoms with Gasteiger partial charge in [-0.25, -0.2) is 4.79 Å². The number of carbonyl (C=O) groups excluding carboxylic acids is 1. The van der Waals surface area contributed by atoms with E-state index in [1.807, 2.05) is 12.1 Å². The molecule has 0 aliphatic rings. The average molecular weight is 324 g/mol. The lowest BCUT2D eigenvalue weighted by Crippen LogP contribution is -2.35. The molecule has 5 heteroatoms. The zero-order valence-electron chi connectivity index (χ0n) is 14.3. The van der Waals surface area contributed by atoms with Crippen molar-refractivity contribution in [2.75, 3.05) is 6.61 Å². The topological polar surface area (TPSA) is 55.8 Å². The molecule has 0 unspecified atom stereocenters. The molecular weight excluding hydrogens is 296 g/mol. The lowest BCUT2D eigenvalue weighted by Gasteiger charge is -2.25. The summed E-state index contributed by atoms with van der Waals surface area (Å²) < 4.78 is 11.0. The van der Waals surface area contributed by atoms with Crippen LogP contribution in [-0.2, 0) is 15.1 Å². The molecule has 0 radical (unpaired) electrons. The molecule has 0 saturated heterocycles. The summed E-state index contributed by atoms with van der Waals surface area (Å²) in [5.41, 5.74) is -1.13. The van der Waals surface area contributed by atoms with Gasteiger partial charge in [0.2, 0.25) is 8.32 Å². The molecule has 0 aliphatic heterocycles. The van der Waals surface area contributed by atoms with Gasteiger partial charge in [-0.1, -0.05) is 31.9 Å². The van der Waals surface area contributed by atoms with Crippen LogP contribution in [0.3, 0.4) is 0 Å². The Morgan fingerprint density at radius 3 is 2.32 bits per heavy atom. The predicted molar refractivity (Wildman–Crippen MR) is 90.5 cm³/mol. The Morgan fingerprint density at radius 2 is 1.82 bits per heavy atom. The summed E-state index contributed by atoms with van der Waals surface area (Å²) in [4.78, 5) is 11.8. The van der Waals surface area contributed by atoms with E-state index in [2.05, 4.69) is 20.0 Å². The third-order valence-electron chi connectivity index (χ3n) is 3.62. The minimum Gasteiger partial charge on any atom is -0.544 e. The third-order valence-corrected chi connectivity index (χ3v) is 5.96. The highest BCUT2D eigenvalue weighted by Crippen LogP contribution is 2.26. The fourth-order valence-corrected chi connectivity index (χ4v) is 4.29. The molecule has 0 amide bonds. The second kappa shape index (κ2) is 7.79. The van der Waals surface area contributed by atoms with E-state index in [4.69, 9.17) is 9.16 Å². The van der Waals surface area contributed by atoms with Crippen LogP contribution >= 0.6 is 0 Å². The van der Waals surface area contributed by atoms with Crippen LogP contribution in [0.5, 0.6) is 5.75 Å². The van der Waals surface area contributed by atoms with Crippen molar-refractivity contribution in [3.8, 4) is 5.75 Å². The number of hydrogen-bond donors (Lipinski definition) is 1. The Morgan fingerprint density at radius 1 is 1.23 bits per heavy atom. The summed E-state index contributed by atoms with van der Waals surface area (Å²) in [5.74, 6) is 0.150. The molecule has 0 heterocycles. The summed E-state index contributed by atoms with van der Waals surface area (Å²) in [7, 11) is -1.72. The Hall–Kier alpha value is -1.33. The van der Waals surface area contributed by atoms with Gasteiger partial charge in [0.05, 0.1) is 6.61 Å². The van der Waals surface area contributed by atoms with Crippen LogP contribution in [0.2, 0.25) is 19.1 Å². The largest absolute Gasteiger partial charge is 0.544 e. The first-order chi connectivity index (χ1) is 10.2. The highest BCUT2D eigenvalue weighted by molar-refractivity contribution is 6.71. The Balaban J connectivity index is 2.80. The quantitative estimate of drug-likeness (QED) is 0.583. The maximum atomic E-state index is 11.8. The maximum absolute atomic E-state index is 11.8. The monoisotopic (exact) mass is 324 g/mol. The van der Waals surface area contributed by atoms with Crippen molar-refractivity contribution >= 4 is 14.3 Å². The van der Waals surface area contributed by atoms with Crippen LogP contribution in [0, 0.1) is 0 Å². The van der Waals surface area contributed by atoms with Gasteiger partial charge in [0, 0.05) is 0 Å². The molecular formula is C17H28O4Si. The second-order valence-corrected chi connectivity index (χ2v) is 10.5. The molecule has 1 aromatic carbocycles. The Kier molecular flexibility index (Phi) is 6.62. The fraction of sp³-hybridized carbons (Fsp3) is 0.588. The molecule has 1 rings (SSSR count). The first-order valence-electron chi connectivity index (χ1n) is 7.92. The zero-order valence-corrected chi connectivity index (χ0v) is 15.3. The van der Waals surface area contributed by atoms with Crippen molar-refractivity contribution in [2.24, 2.45) is 0 Å². The number of ether oxygens (including phenoxy) is 1. The first kappa shape index (κ1) is 18.7. The minimum atomic E-state index is -1.72. The fourth-order valence-electron chi connectivity index (χ4n) is 2.21. The van der Waals surface area contributed by atoms with E-state index in [9.17, 15) is 9.90 Å². The molecule has 22 heavy (non-hydrogen) atoms. The predicted octanol–water partition coefficient (Wildman–Crippen LogP) is 3.84. The molecule has 0 bridgehead atoms. The Bertz CT molecular complexity index is 480. The van der Waals surface area contributed by atoms with Crippen LogP contribution in [0.1, 0.15) is 39.2 Å². The summed E-state index contributed by atoms with van der Waals surface area (Å²) in [6, 6.07) is 8.17. The van der Waals surface area contributed by atoms with E-state index >= 15 is 0 Å². The van der Waals surface area contributed by atoms with Crippen molar-refractivity contribution in [3.05, 3.63) is 29.8 Å². The van der Waals surface area contributed by atoms with Crippen LogP contribution in [-0.4, -0.2) is 26.0 Å². The van der Waals surface area contributed by atoms with Gasteiger partial charge in [-0.2, -0.15) is 0 Å². The standard InChI is InChI=1S/C17H28O4Si/c1-6-8-13-22(4,5)21-15-11-9-14(10-12-15)17(3,19)16(18)20-7-2/h9-12,19H,6-8,13H2,1-5H3/t17-/m1/s1. The average Bonchev–Trinajstić information content (AvgIpc) is 2.45. The van der Waals surface area contributed by atoms with Crippen molar-refractivity contribution in [1.82, 2.24) is 0 Å². The van der Waals surface area contributed by atoms with Crippen LogP contribution < -0.4 is 4.43 Å². The zero-order chi connectivity index (χ0) is 16.8. The molecule has 0 saturated carbocycles. The molecule has 0 aromatic heterocycles. The molecule has 1 N–H and O–H groups in total. The number of hydrogen-bond acceptors (Lipinski definition) is 4. The Labute approximate surface area is 134 Å². The molecule has 0 aliphatic carbocycles. The van der Waals surface area contributed by atoms with Gasteiger partial charge >= 0.3 is 5.97 Å². The van der Waals surface area contributed by atoms with Crippen LogP contribution in [0.4, 0.5) is 0 Å². The van der Waals surface area contributed by atoms with E-state index in [0.29, 0.717) is 5.56 Å². The summed E-state index contributed by atoms with van der Waals surface area (Å²) in [6.45, 7) is 9.98. The lowest BCUT2D eigenvalue weighted by atomic mass is 9.96. The second-order valence-electron chi connectivity index (χ2n) is 6.28. The van der Waals surface area contributed by atoms with Gasteiger partial charge in [-0.15, -0.1) is 0 Å². The van der Waals surface area contributed by atoms with Gasteiger partial charge in [0.25, 0.3) is 0 Å². The molecule has 124 valence electrons. The van der Waals surface area contributed by atoms with Gasteiger partial charge in [-0.3, -0.25) is 0 Å². The highest BCUT2D eigenvalue weighted by Gasteiger charge is 2.34. The number of rotatable bonds is 8. The summed E-state index contributed by atoms with van der Waals surface area (Å²) >= 11 is 0. The smallest absolute Gasteiger partial charge is 0.342 e. The van der Waals surface area contributed by atoms with Crippen LogP contribution in [0.15, 0.2) is 24.3 Å². The van der Waals surface area contributed by atoms with E-state index < -0.39 is 19.9 Å². The van der Waals surface area contributed by atoms with Crippen molar-refractivity contribution < 1.29 is 19.1 Å². The van der Waals surface area contributed by atoms with E-state index in [0.717, 1.165) is 11.8 Å². The van der Waals surface area contributed by atoms with E-state index in [1.54, 1.807) is 19.1 Å². The van der Waals surface area contributed by atoms with Gasteiger partial charge in [-0.05, 0) is 50.7 Å². The third kappa shape index (κ3) is 5.14. The molecule has 0 spiro atoms. The number of aliphatic hydroxyl groups is 1. The first-order valence-corrected chi connectivity index (χ1v) is 11.0. The van der Waals surface area contributed by atoms with E-state index in [-0.39, 0.29) is 6.61 Å². The van der Waals surface area contributed by atoms with Gasteiger partial charge < -0.3 is 14.3 Å².